The average molecular weight is 473 g/mol. The van der Waals surface area contributed by atoms with Crippen molar-refractivity contribution >= 4 is 10.9 Å². The molecule has 0 aliphatic heterocycles. The highest BCUT2D eigenvalue weighted by Crippen LogP contribution is 2.33. The monoisotopic (exact) mass is 472 g/mol. The van der Waals surface area contributed by atoms with E-state index >= 15 is 0 Å². The number of aromatic nitrogens is 5. The van der Waals surface area contributed by atoms with Crippen LogP contribution in [0.15, 0.2) is 59.4 Å². The van der Waals surface area contributed by atoms with Crippen molar-refractivity contribution in [1.29, 1.82) is 0 Å². The minimum atomic E-state index is -0.220. The molecule has 7 nitrogen and oxygen atoms in total. The van der Waals surface area contributed by atoms with Crippen molar-refractivity contribution in [3.05, 3.63) is 87.5 Å². The summed E-state index contributed by atoms with van der Waals surface area (Å²) < 4.78 is 1.96. The molecule has 2 aromatic heterocycles. The Morgan fingerprint density at radius 1 is 1.06 bits per heavy atom. The van der Waals surface area contributed by atoms with Crippen molar-refractivity contribution in [2.24, 2.45) is 5.92 Å². The zero-order valence-electron chi connectivity index (χ0n) is 21.6. The van der Waals surface area contributed by atoms with Gasteiger partial charge in [-0.25, -0.2) is 4.68 Å². The molecule has 0 fully saturated rings. The van der Waals surface area contributed by atoms with E-state index in [9.17, 15) is 4.79 Å². The highest BCUT2D eigenvalue weighted by molar-refractivity contribution is 5.79. The van der Waals surface area contributed by atoms with E-state index in [0.717, 1.165) is 34.3 Å². The lowest BCUT2D eigenvalue weighted by molar-refractivity contribution is 0.118. The predicted molar refractivity (Wildman–Crippen MR) is 140 cm³/mol. The van der Waals surface area contributed by atoms with E-state index in [2.05, 4.69) is 84.3 Å². The zero-order valence-corrected chi connectivity index (χ0v) is 21.6. The van der Waals surface area contributed by atoms with Gasteiger partial charge in [-0.1, -0.05) is 63.2 Å². The number of fused-ring (bicyclic) bond motifs is 1. The molecule has 4 aromatic rings. The Bertz CT molecular complexity index is 1340. The third kappa shape index (κ3) is 5.35. The van der Waals surface area contributed by atoms with Crippen LogP contribution in [-0.4, -0.2) is 30.1 Å². The summed E-state index contributed by atoms with van der Waals surface area (Å²) in [5.74, 6) is 1.05. The Labute approximate surface area is 207 Å². The maximum Gasteiger partial charge on any atom is 0.252 e. The number of tetrazole rings is 1. The lowest BCUT2D eigenvalue weighted by Gasteiger charge is -2.35. The van der Waals surface area contributed by atoms with E-state index in [-0.39, 0.29) is 23.1 Å². The molecular weight excluding hydrogens is 436 g/mol. The first kappa shape index (κ1) is 24.8. The molecule has 0 saturated carbocycles. The van der Waals surface area contributed by atoms with Crippen LogP contribution in [0.3, 0.4) is 0 Å². The zero-order chi connectivity index (χ0) is 25.2. The SMILES string of the molecule is CCC(C)(C)n1nnnc1C(C(C)C)N(Cc1ccccc1)Cc1cc2ccc(C)cc2[nH]c1=O. The highest BCUT2D eigenvalue weighted by atomic mass is 16.1. The first-order chi connectivity index (χ1) is 16.7. The van der Waals surface area contributed by atoms with Crippen LogP contribution in [0.5, 0.6) is 0 Å². The molecule has 0 amide bonds. The lowest BCUT2D eigenvalue weighted by Crippen LogP contribution is -2.38. The van der Waals surface area contributed by atoms with Gasteiger partial charge >= 0.3 is 0 Å². The van der Waals surface area contributed by atoms with Gasteiger partial charge in [0.05, 0.1) is 11.6 Å². The number of benzene rings is 2. The molecule has 0 spiro atoms. The second-order valence-corrected chi connectivity index (χ2v) is 10.4. The summed E-state index contributed by atoms with van der Waals surface area (Å²) in [6, 6.07) is 18.5. The molecular formula is C28H36N6O. The van der Waals surface area contributed by atoms with Crippen LogP contribution in [0.4, 0.5) is 0 Å². The summed E-state index contributed by atoms with van der Waals surface area (Å²) in [7, 11) is 0. The van der Waals surface area contributed by atoms with Gasteiger partial charge in [-0.05, 0) is 72.2 Å². The number of nitrogens with one attached hydrogen (secondary N) is 1. The van der Waals surface area contributed by atoms with E-state index < -0.39 is 0 Å². The Kier molecular flexibility index (Phi) is 7.17. The van der Waals surface area contributed by atoms with E-state index in [1.807, 2.05) is 41.9 Å². The van der Waals surface area contributed by atoms with E-state index in [4.69, 9.17) is 0 Å². The summed E-state index contributed by atoms with van der Waals surface area (Å²) in [5.41, 5.74) is 3.62. The van der Waals surface area contributed by atoms with E-state index in [1.165, 1.54) is 5.56 Å². The van der Waals surface area contributed by atoms with Gasteiger partial charge in [-0.15, -0.1) is 5.10 Å². The minimum absolute atomic E-state index is 0.0582. The fourth-order valence-electron chi connectivity index (χ4n) is 4.61. The van der Waals surface area contributed by atoms with Crippen LogP contribution in [0.25, 0.3) is 10.9 Å². The van der Waals surface area contributed by atoms with Crippen LogP contribution in [0.1, 0.15) is 69.6 Å². The average Bonchev–Trinajstić information content (AvgIpc) is 3.30. The molecule has 35 heavy (non-hydrogen) atoms. The molecule has 4 rings (SSSR count). The number of aromatic amines is 1. The fourth-order valence-corrected chi connectivity index (χ4v) is 4.61. The molecule has 2 aromatic carbocycles. The largest absolute Gasteiger partial charge is 0.322 e. The molecule has 1 atom stereocenters. The van der Waals surface area contributed by atoms with Crippen molar-refractivity contribution in [2.45, 2.75) is 72.6 Å². The molecule has 0 aliphatic carbocycles. The molecule has 1 unspecified atom stereocenters. The van der Waals surface area contributed by atoms with Gasteiger partial charge in [-0.3, -0.25) is 9.69 Å². The van der Waals surface area contributed by atoms with Crippen molar-refractivity contribution in [2.75, 3.05) is 0 Å². The van der Waals surface area contributed by atoms with Crippen molar-refractivity contribution in [3.63, 3.8) is 0 Å². The van der Waals surface area contributed by atoms with Crippen LogP contribution < -0.4 is 5.56 Å². The molecule has 0 aliphatic rings. The Morgan fingerprint density at radius 2 is 1.80 bits per heavy atom. The quantitative estimate of drug-likeness (QED) is 0.354. The normalized spacial score (nSPS) is 13.1. The van der Waals surface area contributed by atoms with Gasteiger partial charge in [0.2, 0.25) is 0 Å². The minimum Gasteiger partial charge on any atom is -0.322 e. The molecule has 7 heteroatoms. The van der Waals surface area contributed by atoms with Gasteiger partial charge in [0, 0.05) is 24.2 Å². The highest BCUT2D eigenvalue weighted by Gasteiger charge is 2.33. The number of rotatable bonds is 9. The number of aryl methyl sites for hydroxylation is 1. The Balaban J connectivity index is 1.80. The third-order valence-corrected chi connectivity index (χ3v) is 6.90. The van der Waals surface area contributed by atoms with Crippen molar-refractivity contribution in [1.82, 2.24) is 30.1 Å². The topological polar surface area (TPSA) is 79.7 Å². The Morgan fingerprint density at radius 3 is 2.49 bits per heavy atom. The van der Waals surface area contributed by atoms with Crippen LogP contribution >= 0.6 is 0 Å². The summed E-state index contributed by atoms with van der Waals surface area (Å²) in [4.78, 5) is 18.6. The second-order valence-electron chi connectivity index (χ2n) is 10.4. The summed E-state index contributed by atoms with van der Waals surface area (Å²) in [5, 5.41) is 14.0. The maximum absolute atomic E-state index is 13.2. The van der Waals surface area contributed by atoms with Gasteiger partial charge < -0.3 is 4.98 Å². The molecule has 2 heterocycles. The van der Waals surface area contributed by atoms with Gasteiger partial charge in [-0.2, -0.15) is 0 Å². The van der Waals surface area contributed by atoms with E-state index in [1.54, 1.807) is 0 Å². The number of hydrogen-bond donors (Lipinski definition) is 1. The van der Waals surface area contributed by atoms with Gasteiger partial charge in [0.1, 0.15) is 0 Å². The van der Waals surface area contributed by atoms with Crippen LogP contribution in [-0.2, 0) is 18.6 Å². The number of H-pyrrole nitrogens is 1. The van der Waals surface area contributed by atoms with Crippen molar-refractivity contribution in [3.8, 4) is 0 Å². The van der Waals surface area contributed by atoms with Gasteiger partial charge in [0.15, 0.2) is 5.82 Å². The van der Waals surface area contributed by atoms with Crippen LogP contribution in [0.2, 0.25) is 0 Å². The lowest BCUT2D eigenvalue weighted by atomic mass is 9.97. The van der Waals surface area contributed by atoms with Crippen molar-refractivity contribution < 1.29 is 0 Å². The fraction of sp³-hybridized carbons (Fsp3) is 0.429. The smallest absolute Gasteiger partial charge is 0.252 e. The summed E-state index contributed by atoms with van der Waals surface area (Å²) >= 11 is 0. The van der Waals surface area contributed by atoms with Crippen LogP contribution in [0, 0.1) is 12.8 Å². The molecule has 1 N–H and O–H groups in total. The van der Waals surface area contributed by atoms with E-state index in [0.29, 0.717) is 13.1 Å². The molecule has 0 saturated heterocycles. The predicted octanol–water partition coefficient (Wildman–Crippen LogP) is 5.37. The molecule has 0 bridgehead atoms. The number of nitrogens with zero attached hydrogens (tertiary/aromatic N) is 5. The molecule has 0 radical (unpaired) electrons. The van der Waals surface area contributed by atoms with Gasteiger partial charge in [0.25, 0.3) is 5.56 Å². The first-order valence-corrected chi connectivity index (χ1v) is 12.4. The number of pyridine rings is 1. The maximum atomic E-state index is 13.2. The standard InChI is InChI=1S/C28H36N6O/c1-7-28(5,6)34-26(30-31-32-34)25(19(2)3)33(17-21-11-9-8-10-12-21)18-23-16-22-14-13-20(4)15-24(22)29-27(23)35/h8-16,19,25H,7,17-18H2,1-6H3,(H,29,35). The summed E-state index contributed by atoms with van der Waals surface area (Å²) in [6.45, 7) is 14.0. The molecule has 184 valence electrons. The second kappa shape index (κ2) is 10.1. The first-order valence-electron chi connectivity index (χ1n) is 12.4. The third-order valence-electron chi connectivity index (χ3n) is 6.90. The summed E-state index contributed by atoms with van der Waals surface area (Å²) in [6.07, 6.45) is 0.901. The number of hydrogen-bond acceptors (Lipinski definition) is 5. The Hall–Kier alpha value is -3.32.